The second kappa shape index (κ2) is 11.5. The van der Waals surface area contributed by atoms with Crippen LogP contribution >= 0.6 is 11.8 Å². The SMILES string of the molecule is CSc1ccc(S(=O)(=O)N2CCC(C(=O)Nc3ccc(S(=O)(=O)Nc4cc(C)ccc4C)cc3)CC2)cc1. The Morgan fingerprint density at radius 1 is 0.868 bits per heavy atom. The molecule has 1 saturated heterocycles. The van der Waals surface area contributed by atoms with Crippen molar-refractivity contribution in [3.05, 3.63) is 77.9 Å². The third-order valence-electron chi connectivity index (χ3n) is 6.59. The van der Waals surface area contributed by atoms with E-state index in [1.54, 1.807) is 54.2 Å². The third-order valence-corrected chi connectivity index (χ3v) is 10.6. The molecule has 38 heavy (non-hydrogen) atoms. The van der Waals surface area contributed by atoms with E-state index in [1.807, 2.05) is 32.2 Å². The van der Waals surface area contributed by atoms with E-state index in [9.17, 15) is 21.6 Å². The average Bonchev–Trinajstić information content (AvgIpc) is 2.91. The first-order valence-corrected chi connectivity index (χ1v) is 16.3. The van der Waals surface area contributed by atoms with Gasteiger partial charge in [0.05, 0.1) is 15.5 Å². The van der Waals surface area contributed by atoms with Gasteiger partial charge in [-0.2, -0.15) is 4.31 Å². The molecule has 1 heterocycles. The molecule has 4 rings (SSSR count). The van der Waals surface area contributed by atoms with E-state index >= 15 is 0 Å². The number of benzene rings is 3. The van der Waals surface area contributed by atoms with Gasteiger partial charge in [0, 0.05) is 29.6 Å². The standard InChI is InChI=1S/C27H31N3O5S3/c1-19-4-5-20(2)26(18-19)29-37(32,33)24-10-6-22(7-11-24)28-27(31)21-14-16-30(17-15-21)38(34,35)25-12-8-23(36-3)9-13-25/h4-13,18,21,29H,14-17H2,1-3H3,(H,28,31). The Bertz CT molecular complexity index is 1510. The summed E-state index contributed by atoms with van der Waals surface area (Å²) in [6.45, 7) is 4.23. The summed E-state index contributed by atoms with van der Waals surface area (Å²) in [7, 11) is -7.40. The normalized spacial score (nSPS) is 15.2. The number of aryl methyl sites for hydroxylation is 2. The molecule has 0 aliphatic carbocycles. The smallest absolute Gasteiger partial charge is 0.261 e. The molecule has 1 aliphatic rings. The molecule has 1 aliphatic heterocycles. The fourth-order valence-corrected chi connectivity index (χ4v) is 7.27. The van der Waals surface area contributed by atoms with Crippen molar-refractivity contribution >= 4 is 49.1 Å². The largest absolute Gasteiger partial charge is 0.326 e. The number of hydrogen-bond acceptors (Lipinski definition) is 6. The number of carbonyl (C=O) groups is 1. The molecule has 3 aromatic rings. The van der Waals surface area contributed by atoms with E-state index < -0.39 is 20.0 Å². The van der Waals surface area contributed by atoms with Crippen LogP contribution in [0.4, 0.5) is 11.4 Å². The summed E-state index contributed by atoms with van der Waals surface area (Å²) in [4.78, 5) is 14.2. The highest BCUT2D eigenvalue weighted by Crippen LogP contribution is 2.27. The second-order valence-electron chi connectivity index (χ2n) is 9.29. The number of nitrogens with one attached hydrogen (secondary N) is 2. The Morgan fingerprint density at radius 2 is 1.47 bits per heavy atom. The van der Waals surface area contributed by atoms with Crippen LogP contribution in [0.3, 0.4) is 0 Å². The summed E-state index contributed by atoms with van der Waals surface area (Å²) in [5, 5.41) is 2.83. The van der Waals surface area contributed by atoms with E-state index in [2.05, 4.69) is 10.0 Å². The van der Waals surface area contributed by atoms with Gasteiger partial charge in [-0.15, -0.1) is 11.8 Å². The van der Waals surface area contributed by atoms with E-state index in [4.69, 9.17) is 0 Å². The highest BCUT2D eigenvalue weighted by molar-refractivity contribution is 7.98. The first-order valence-electron chi connectivity index (χ1n) is 12.1. The summed E-state index contributed by atoms with van der Waals surface area (Å²) in [5.74, 6) is -0.551. The molecule has 8 nitrogen and oxygen atoms in total. The summed E-state index contributed by atoms with van der Waals surface area (Å²) < 4.78 is 55.7. The van der Waals surface area contributed by atoms with Crippen LogP contribution in [-0.4, -0.2) is 46.4 Å². The van der Waals surface area contributed by atoms with Crippen molar-refractivity contribution in [3.63, 3.8) is 0 Å². The molecule has 11 heteroatoms. The number of hydrogen-bond donors (Lipinski definition) is 2. The maximum absolute atomic E-state index is 13.0. The molecule has 0 atom stereocenters. The van der Waals surface area contributed by atoms with Gasteiger partial charge in [-0.1, -0.05) is 12.1 Å². The van der Waals surface area contributed by atoms with Gasteiger partial charge in [-0.25, -0.2) is 16.8 Å². The molecular weight excluding hydrogens is 543 g/mol. The van der Waals surface area contributed by atoms with Gasteiger partial charge in [0.15, 0.2) is 0 Å². The van der Waals surface area contributed by atoms with Gasteiger partial charge in [-0.3, -0.25) is 9.52 Å². The molecule has 1 fully saturated rings. The van der Waals surface area contributed by atoms with Gasteiger partial charge in [0.25, 0.3) is 10.0 Å². The molecule has 0 radical (unpaired) electrons. The predicted molar refractivity (Wildman–Crippen MR) is 152 cm³/mol. The second-order valence-corrected chi connectivity index (χ2v) is 13.8. The fourth-order valence-electron chi connectivity index (χ4n) is 4.27. The molecule has 1 amide bonds. The van der Waals surface area contributed by atoms with E-state index in [-0.39, 0.29) is 34.7 Å². The van der Waals surface area contributed by atoms with Crippen LogP contribution in [0.5, 0.6) is 0 Å². The Morgan fingerprint density at radius 3 is 2.08 bits per heavy atom. The summed E-state index contributed by atoms with van der Waals surface area (Å²) in [5.41, 5.74) is 2.76. The van der Waals surface area contributed by atoms with Gasteiger partial charge in [0.2, 0.25) is 15.9 Å². The Balaban J connectivity index is 1.35. The number of amides is 1. The molecule has 0 saturated carbocycles. The lowest BCUT2D eigenvalue weighted by atomic mass is 9.97. The number of rotatable bonds is 8. The Hall–Kier alpha value is -2.86. The van der Waals surface area contributed by atoms with Crippen molar-refractivity contribution in [3.8, 4) is 0 Å². The van der Waals surface area contributed by atoms with Gasteiger partial charge in [-0.05, 0) is 98.7 Å². The zero-order valence-electron chi connectivity index (χ0n) is 21.5. The van der Waals surface area contributed by atoms with Gasteiger partial charge >= 0.3 is 0 Å². The molecule has 0 spiro atoms. The zero-order valence-corrected chi connectivity index (χ0v) is 23.9. The lowest BCUT2D eigenvalue weighted by Crippen LogP contribution is -2.41. The van der Waals surface area contributed by atoms with Crippen LogP contribution in [0.2, 0.25) is 0 Å². The number of nitrogens with zero attached hydrogens (tertiary/aromatic N) is 1. The maximum atomic E-state index is 13.0. The minimum absolute atomic E-state index is 0.0838. The van der Waals surface area contributed by atoms with Crippen LogP contribution in [0.15, 0.2) is 81.4 Å². The van der Waals surface area contributed by atoms with E-state index in [0.29, 0.717) is 24.2 Å². The minimum Gasteiger partial charge on any atom is -0.326 e. The highest BCUT2D eigenvalue weighted by atomic mass is 32.2. The number of sulfonamides is 2. The summed E-state index contributed by atoms with van der Waals surface area (Å²) >= 11 is 1.54. The summed E-state index contributed by atoms with van der Waals surface area (Å²) in [6, 6.07) is 18.3. The molecule has 0 bridgehead atoms. The average molecular weight is 574 g/mol. The molecule has 2 N–H and O–H groups in total. The van der Waals surface area contributed by atoms with Crippen molar-refractivity contribution in [2.24, 2.45) is 5.92 Å². The van der Waals surface area contributed by atoms with Crippen molar-refractivity contribution in [1.29, 1.82) is 0 Å². The van der Waals surface area contributed by atoms with Gasteiger partial charge in [0.1, 0.15) is 0 Å². The lowest BCUT2D eigenvalue weighted by molar-refractivity contribution is -0.120. The number of carbonyl (C=O) groups excluding carboxylic acids is 1. The first-order chi connectivity index (χ1) is 18.0. The highest BCUT2D eigenvalue weighted by Gasteiger charge is 2.32. The first kappa shape index (κ1) is 28.2. The van der Waals surface area contributed by atoms with E-state index in [1.165, 1.54) is 16.4 Å². The van der Waals surface area contributed by atoms with Crippen LogP contribution in [0, 0.1) is 19.8 Å². The fraction of sp³-hybridized carbons (Fsp3) is 0.296. The maximum Gasteiger partial charge on any atom is 0.261 e. The van der Waals surface area contributed by atoms with Crippen LogP contribution < -0.4 is 10.0 Å². The minimum atomic E-state index is -3.79. The predicted octanol–water partition coefficient (Wildman–Crippen LogP) is 4.87. The molecule has 0 aromatic heterocycles. The van der Waals surface area contributed by atoms with Crippen molar-refractivity contribution < 1.29 is 21.6 Å². The molecule has 0 unspecified atom stereocenters. The van der Waals surface area contributed by atoms with E-state index in [0.717, 1.165) is 16.0 Å². The van der Waals surface area contributed by atoms with Crippen molar-refractivity contribution in [2.45, 2.75) is 41.4 Å². The zero-order chi connectivity index (χ0) is 27.5. The quantitative estimate of drug-likeness (QED) is 0.372. The van der Waals surface area contributed by atoms with Crippen LogP contribution in [0.1, 0.15) is 24.0 Å². The lowest BCUT2D eigenvalue weighted by Gasteiger charge is -2.30. The number of piperidine rings is 1. The number of thioether (sulfide) groups is 1. The Labute approximate surface area is 228 Å². The summed E-state index contributed by atoms with van der Waals surface area (Å²) in [6.07, 6.45) is 2.74. The monoisotopic (exact) mass is 573 g/mol. The van der Waals surface area contributed by atoms with Crippen LogP contribution in [-0.2, 0) is 24.8 Å². The molecular formula is C27H31N3O5S3. The topological polar surface area (TPSA) is 113 Å². The third kappa shape index (κ3) is 6.40. The van der Waals surface area contributed by atoms with Gasteiger partial charge < -0.3 is 5.32 Å². The molecule has 3 aromatic carbocycles. The van der Waals surface area contributed by atoms with Crippen LogP contribution in [0.25, 0.3) is 0 Å². The van der Waals surface area contributed by atoms with Crippen molar-refractivity contribution in [1.82, 2.24) is 4.31 Å². The van der Waals surface area contributed by atoms with Crippen molar-refractivity contribution in [2.75, 3.05) is 29.4 Å². The Kier molecular flexibility index (Phi) is 8.51. The number of anilines is 2. The molecule has 202 valence electrons.